The monoisotopic (exact) mass is 365 g/mol. The van der Waals surface area contributed by atoms with Gasteiger partial charge < -0.3 is 14.6 Å². The Morgan fingerprint density at radius 1 is 1.11 bits per heavy atom. The number of aryl methyl sites for hydroxylation is 1. The molecule has 1 amide bonds. The number of amides is 1. The average Bonchev–Trinajstić information content (AvgIpc) is 3.17. The fraction of sp³-hybridized carbons (Fsp3) is 0.286. The molecule has 0 radical (unpaired) electrons. The van der Waals surface area contributed by atoms with Gasteiger partial charge in [0.25, 0.3) is 0 Å². The predicted molar refractivity (Wildman–Crippen MR) is 102 cm³/mol. The largest absolute Gasteiger partial charge is 0.493 e. The van der Waals surface area contributed by atoms with Crippen molar-refractivity contribution in [2.24, 2.45) is 0 Å². The Balaban J connectivity index is 1.48. The summed E-state index contributed by atoms with van der Waals surface area (Å²) in [6.07, 6.45) is 1.62. The first-order valence-corrected chi connectivity index (χ1v) is 9.11. The standard InChI is InChI=1S/C21H23N3O3/c1-2-26-18-12-7-6-11-17(18)21-23-20(27-24-21)14-8-13-19(25)22-15-16-9-4-3-5-10-16/h3-7,9-12H,2,8,13-15H2,1H3,(H,22,25). The molecule has 140 valence electrons. The third-order valence-electron chi connectivity index (χ3n) is 4.02. The summed E-state index contributed by atoms with van der Waals surface area (Å²) in [6.45, 7) is 3.04. The number of rotatable bonds is 9. The number of nitrogens with zero attached hydrogens (tertiary/aromatic N) is 2. The molecule has 0 aliphatic carbocycles. The van der Waals surface area contributed by atoms with Crippen LogP contribution in [0.1, 0.15) is 31.2 Å². The Labute approximate surface area is 158 Å². The van der Waals surface area contributed by atoms with Crippen molar-refractivity contribution in [2.75, 3.05) is 6.61 Å². The maximum absolute atomic E-state index is 12.0. The van der Waals surface area contributed by atoms with Gasteiger partial charge in [-0.25, -0.2) is 0 Å². The van der Waals surface area contributed by atoms with E-state index in [4.69, 9.17) is 9.26 Å². The van der Waals surface area contributed by atoms with Crippen molar-refractivity contribution in [3.63, 3.8) is 0 Å². The number of aromatic nitrogens is 2. The van der Waals surface area contributed by atoms with Crippen LogP contribution >= 0.6 is 0 Å². The molecular formula is C21H23N3O3. The lowest BCUT2D eigenvalue weighted by Crippen LogP contribution is -2.22. The molecule has 1 aromatic heterocycles. The van der Waals surface area contributed by atoms with E-state index in [0.29, 0.717) is 44.1 Å². The SMILES string of the molecule is CCOc1ccccc1-c1noc(CCCC(=O)NCc2ccccc2)n1. The van der Waals surface area contributed by atoms with Crippen LogP contribution in [0.25, 0.3) is 11.4 Å². The number of nitrogens with one attached hydrogen (secondary N) is 1. The van der Waals surface area contributed by atoms with Crippen molar-refractivity contribution < 1.29 is 14.1 Å². The lowest BCUT2D eigenvalue weighted by Gasteiger charge is -2.06. The van der Waals surface area contributed by atoms with Gasteiger partial charge in [0.1, 0.15) is 5.75 Å². The third-order valence-corrected chi connectivity index (χ3v) is 4.02. The minimum Gasteiger partial charge on any atom is -0.493 e. The number of para-hydroxylation sites is 1. The molecule has 0 aliphatic heterocycles. The Bertz CT molecular complexity index is 862. The second kappa shape index (κ2) is 9.52. The van der Waals surface area contributed by atoms with Crippen LogP contribution in [-0.2, 0) is 17.8 Å². The van der Waals surface area contributed by atoms with Gasteiger partial charge in [0.15, 0.2) is 0 Å². The van der Waals surface area contributed by atoms with Gasteiger partial charge in [0, 0.05) is 19.4 Å². The van der Waals surface area contributed by atoms with Crippen LogP contribution in [0.2, 0.25) is 0 Å². The molecule has 27 heavy (non-hydrogen) atoms. The van der Waals surface area contributed by atoms with E-state index in [1.54, 1.807) is 0 Å². The van der Waals surface area contributed by atoms with E-state index in [2.05, 4.69) is 15.5 Å². The number of carbonyl (C=O) groups is 1. The second-order valence-corrected chi connectivity index (χ2v) is 6.06. The van der Waals surface area contributed by atoms with Gasteiger partial charge in [-0.05, 0) is 31.0 Å². The summed E-state index contributed by atoms with van der Waals surface area (Å²) in [7, 11) is 0. The average molecular weight is 365 g/mol. The molecule has 0 aliphatic rings. The van der Waals surface area contributed by atoms with E-state index in [1.807, 2.05) is 61.5 Å². The highest BCUT2D eigenvalue weighted by molar-refractivity contribution is 5.75. The van der Waals surface area contributed by atoms with Crippen molar-refractivity contribution in [1.82, 2.24) is 15.5 Å². The van der Waals surface area contributed by atoms with Crippen molar-refractivity contribution in [2.45, 2.75) is 32.7 Å². The van der Waals surface area contributed by atoms with Crippen molar-refractivity contribution in [1.29, 1.82) is 0 Å². The summed E-state index contributed by atoms with van der Waals surface area (Å²) in [4.78, 5) is 16.4. The molecule has 0 bridgehead atoms. The Hall–Kier alpha value is -3.15. The molecule has 3 rings (SSSR count). The third kappa shape index (κ3) is 5.41. The molecular weight excluding hydrogens is 342 g/mol. The van der Waals surface area contributed by atoms with E-state index < -0.39 is 0 Å². The molecule has 6 nitrogen and oxygen atoms in total. The number of carbonyl (C=O) groups excluding carboxylic acids is 1. The van der Waals surface area contributed by atoms with E-state index >= 15 is 0 Å². The molecule has 1 heterocycles. The molecule has 0 unspecified atom stereocenters. The van der Waals surface area contributed by atoms with E-state index in [-0.39, 0.29) is 5.91 Å². The lowest BCUT2D eigenvalue weighted by molar-refractivity contribution is -0.121. The molecule has 0 saturated carbocycles. The van der Waals surface area contributed by atoms with Gasteiger partial charge >= 0.3 is 0 Å². The zero-order chi connectivity index (χ0) is 18.9. The van der Waals surface area contributed by atoms with Gasteiger partial charge in [-0.3, -0.25) is 4.79 Å². The van der Waals surface area contributed by atoms with Crippen LogP contribution in [0, 0.1) is 0 Å². The van der Waals surface area contributed by atoms with E-state index in [0.717, 1.165) is 16.9 Å². The normalized spacial score (nSPS) is 10.6. The van der Waals surface area contributed by atoms with E-state index in [9.17, 15) is 4.79 Å². The maximum atomic E-state index is 12.0. The maximum Gasteiger partial charge on any atom is 0.226 e. The second-order valence-electron chi connectivity index (χ2n) is 6.06. The van der Waals surface area contributed by atoms with Gasteiger partial charge in [-0.15, -0.1) is 0 Å². The first-order chi connectivity index (χ1) is 13.3. The topological polar surface area (TPSA) is 77.2 Å². The minimum atomic E-state index is 0.0142. The first kappa shape index (κ1) is 18.6. The molecule has 3 aromatic rings. The highest BCUT2D eigenvalue weighted by atomic mass is 16.5. The molecule has 0 atom stereocenters. The Morgan fingerprint density at radius 2 is 1.89 bits per heavy atom. The summed E-state index contributed by atoms with van der Waals surface area (Å²) in [5, 5.41) is 6.95. The van der Waals surface area contributed by atoms with Crippen LogP contribution in [0.3, 0.4) is 0 Å². The van der Waals surface area contributed by atoms with Crippen molar-refractivity contribution in [3.05, 3.63) is 66.1 Å². The number of ether oxygens (including phenoxy) is 1. The fourth-order valence-corrected chi connectivity index (χ4v) is 2.68. The van der Waals surface area contributed by atoms with Crippen molar-refractivity contribution in [3.8, 4) is 17.1 Å². The van der Waals surface area contributed by atoms with Gasteiger partial charge in [-0.2, -0.15) is 4.98 Å². The van der Waals surface area contributed by atoms with Gasteiger partial charge in [-0.1, -0.05) is 47.6 Å². The van der Waals surface area contributed by atoms with Crippen molar-refractivity contribution >= 4 is 5.91 Å². The summed E-state index contributed by atoms with van der Waals surface area (Å²) in [6, 6.07) is 17.4. The van der Waals surface area contributed by atoms with Gasteiger partial charge in [0.05, 0.1) is 12.2 Å². The lowest BCUT2D eigenvalue weighted by atomic mass is 10.2. The quantitative estimate of drug-likeness (QED) is 0.624. The van der Waals surface area contributed by atoms with Crippen LogP contribution in [-0.4, -0.2) is 22.7 Å². The molecule has 1 N–H and O–H groups in total. The van der Waals surface area contributed by atoms with Crippen LogP contribution in [0.4, 0.5) is 0 Å². The molecule has 0 saturated heterocycles. The number of benzene rings is 2. The molecule has 2 aromatic carbocycles. The molecule has 6 heteroatoms. The Kier molecular flexibility index (Phi) is 6.57. The summed E-state index contributed by atoms with van der Waals surface area (Å²) in [5.74, 6) is 1.77. The number of hydrogen-bond donors (Lipinski definition) is 1. The fourth-order valence-electron chi connectivity index (χ4n) is 2.68. The number of hydrogen-bond acceptors (Lipinski definition) is 5. The zero-order valence-corrected chi connectivity index (χ0v) is 15.4. The molecule has 0 fully saturated rings. The predicted octanol–water partition coefficient (Wildman–Crippen LogP) is 3.77. The summed E-state index contributed by atoms with van der Waals surface area (Å²) in [5.41, 5.74) is 1.88. The smallest absolute Gasteiger partial charge is 0.226 e. The minimum absolute atomic E-state index is 0.0142. The van der Waals surface area contributed by atoms with Crippen LogP contribution in [0.15, 0.2) is 59.1 Å². The highest BCUT2D eigenvalue weighted by Crippen LogP contribution is 2.27. The van der Waals surface area contributed by atoms with Crippen LogP contribution < -0.4 is 10.1 Å². The zero-order valence-electron chi connectivity index (χ0n) is 15.4. The van der Waals surface area contributed by atoms with Gasteiger partial charge in [0.2, 0.25) is 17.6 Å². The summed E-state index contributed by atoms with van der Waals surface area (Å²) < 4.78 is 10.9. The van der Waals surface area contributed by atoms with E-state index in [1.165, 1.54) is 0 Å². The first-order valence-electron chi connectivity index (χ1n) is 9.11. The Morgan fingerprint density at radius 3 is 2.70 bits per heavy atom. The molecule has 0 spiro atoms. The highest BCUT2D eigenvalue weighted by Gasteiger charge is 2.13. The summed E-state index contributed by atoms with van der Waals surface area (Å²) >= 11 is 0. The van der Waals surface area contributed by atoms with Crippen LogP contribution in [0.5, 0.6) is 5.75 Å².